The van der Waals surface area contributed by atoms with Gasteiger partial charge in [-0.05, 0) is 84.8 Å². The number of carbonyl (C=O) groups is 3. The molecule has 0 spiro atoms. The molecule has 2 N–H and O–H groups in total. The summed E-state index contributed by atoms with van der Waals surface area (Å²) >= 11 is 0. The van der Waals surface area contributed by atoms with Crippen LogP contribution in [0.5, 0.6) is 11.5 Å². The summed E-state index contributed by atoms with van der Waals surface area (Å²) in [6, 6.07) is 19.9. The molecule has 0 bridgehead atoms. The average Bonchev–Trinajstić information content (AvgIpc) is 3.53. The predicted octanol–water partition coefficient (Wildman–Crippen LogP) is 5.22. The largest absolute Gasteiger partial charge is 0.490 e. The number of furan rings is 1. The van der Waals surface area contributed by atoms with Gasteiger partial charge in [0, 0.05) is 29.5 Å². The topological polar surface area (TPSA) is 162 Å². The molecule has 0 radical (unpaired) electrons. The molecule has 4 aromatic rings. The number of ether oxygens (including phenoxy) is 2. The molecule has 12 nitrogen and oxygen atoms in total. The van der Waals surface area contributed by atoms with Crippen LogP contribution in [0.2, 0.25) is 0 Å². The maximum absolute atomic E-state index is 12.6. The quantitative estimate of drug-likeness (QED) is 0.0621. The van der Waals surface area contributed by atoms with Crippen LogP contribution in [0.15, 0.2) is 101 Å². The van der Waals surface area contributed by atoms with Crippen molar-refractivity contribution >= 4 is 41.4 Å². The van der Waals surface area contributed by atoms with Gasteiger partial charge in [-0.1, -0.05) is 6.07 Å². The number of hydrogen-bond donors (Lipinski definition) is 2. The first-order valence-corrected chi connectivity index (χ1v) is 12.5. The third kappa shape index (κ3) is 7.99. The summed E-state index contributed by atoms with van der Waals surface area (Å²) in [6.45, 7) is 2.07. The molecule has 0 aliphatic carbocycles. The maximum atomic E-state index is 12.6. The van der Waals surface area contributed by atoms with Crippen LogP contribution in [-0.4, -0.2) is 35.5 Å². The Kier molecular flexibility index (Phi) is 9.55. The Morgan fingerprint density at radius 2 is 1.74 bits per heavy atom. The van der Waals surface area contributed by atoms with Crippen molar-refractivity contribution in [3.8, 4) is 11.5 Å². The fourth-order valence-corrected chi connectivity index (χ4v) is 3.54. The number of nitro groups is 1. The van der Waals surface area contributed by atoms with Crippen LogP contribution >= 0.6 is 0 Å². The van der Waals surface area contributed by atoms with Crippen molar-refractivity contribution in [3.05, 3.63) is 124 Å². The minimum Gasteiger partial charge on any atom is -0.490 e. The molecule has 0 saturated heterocycles. The van der Waals surface area contributed by atoms with Gasteiger partial charge in [-0.15, -0.1) is 0 Å². The monoisotopic (exact) mass is 568 g/mol. The number of amides is 2. The molecule has 0 fully saturated rings. The van der Waals surface area contributed by atoms with E-state index < -0.39 is 22.7 Å². The fraction of sp³-hybridized carbons (Fsp3) is 0.0667. The van der Waals surface area contributed by atoms with Crippen molar-refractivity contribution < 1.29 is 33.2 Å². The van der Waals surface area contributed by atoms with Crippen molar-refractivity contribution in [2.75, 3.05) is 11.9 Å². The number of esters is 1. The smallest absolute Gasteiger partial charge is 0.336 e. The molecule has 3 aromatic carbocycles. The number of nitrogens with one attached hydrogen (secondary N) is 2. The third-order valence-corrected chi connectivity index (χ3v) is 5.50. The van der Waals surface area contributed by atoms with Crippen LogP contribution in [0, 0.1) is 10.1 Å². The number of non-ortho nitro benzene ring substituents is 1. The van der Waals surface area contributed by atoms with E-state index in [0.717, 1.165) is 0 Å². The van der Waals surface area contributed by atoms with Gasteiger partial charge in [0.15, 0.2) is 17.3 Å². The Morgan fingerprint density at radius 3 is 2.45 bits per heavy atom. The van der Waals surface area contributed by atoms with Gasteiger partial charge in [-0.3, -0.25) is 19.7 Å². The lowest BCUT2D eigenvalue weighted by Gasteiger charge is -2.10. The molecule has 0 saturated carbocycles. The number of benzene rings is 3. The van der Waals surface area contributed by atoms with Crippen molar-refractivity contribution in [2.24, 2.45) is 5.10 Å². The minimum absolute atomic E-state index is 0.0551. The average molecular weight is 569 g/mol. The summed E-state index contributed by atoms with van der Waals surface area (Å²) in [6.07, 6.45) is 5.44. The van der Waals surface area contributed by atoms with Gasteiger partial charge in [0.1, 0.15) is 0 Å². The number of nitro benzene ring substituents is 1. The molecule has 42 heavy (non-hydrogen) atoms. The standard InChI is InChI=1S/C30H24N4O8/c1-2-40-27-17-21(10-14-25(27)42-28(35)15-11-20-8-12-24(13-9-20)34(38)39)19-31-33-29(36)22-5-3-6-23(18-22)32-30(37)26-7-4-16-41-26/h3-19H,2H2,1H3,(H,32,37)(H,33,36)/b15-11+,31-19?. The van der Waals surface area contributed by atoms with Crippen LogP contribution in [0.4, 0.5) is 11.4 Å². The summed E-state index contributed by atoms with van der Waals surface area (Å²) in [7, 11) is 0. The second-order valence-corrected chi connectivity index (χ2v) is 8.45. The Morgan fingerprint density at radius 1 is 0.952 bits per heavy atom. The lowest BCUT2D eigenvalue weighted by atomic mass is 10.2. The van der Waals surface area contributed by atoms with Gasteiger partial charge in [0.25, 0.3) is 17.5 Å². The van der Waals surface area contributed by atoms with E-state index in [1.807, 2.05) is 0 Å². The maximum Gasteiger partial charge on any atom is 0.336 e. The van der Waals surface area contributed by atoms with E-state index in [1.165, 1.54) is 67.1 Å². The molecule has 0 unspecified atom stereocenters. The fourth-order valence-electron chi connectivity index (χ4n) is 3.54. The van der Waals surface area contributed by atoms with E-state index in [4.69, 9.17) is 13.9 Å². The Bertz CT molecular complexity index is 1640. The Labute approximate surface area is 239 Å². The zero-order valence-electron chi connectivity index (χ0n) is 22.2. The van der Waals surface area contributed by atoms with Crippen LogP contribution in [0.1, 0.15) is 39.0 Å². The normalized spacial score (nSPS) is 10.9. The third-order valence-electron chi connectivity index (χ3n) is 5.50. The lowest BCUT2D eigenvalue weighted by Crippen LogP contribution is -2.18. The van der Waals surface area contributed by atoms with Gasteiger partial charge in [-0.25, -0.2) is 10.2 Å². The first-order chi connectivity index (χ1) is 20.3. The lowest BCUT2D eigenvalue weighted by molar-refractivity contribution is -0.384. The molecule has 4 rings (SSSR count). The number of carbonyl (C=O) groups excluding carboxylic acids is 3. The molecule has 0 atom stereocenters. The second-order valence-electron chi connectivity index (χ2n) is 8.45. The van der Waals surface area contributed by atoms with Crippen molar-refractivity contribution in [2.45, 2.75) is 6.92 Å². The van der Waals surface area contributed by atoms with E-state index in [2.05, 4.69) is 15.8 Å². The summed E-state index contributed by atoms with van der Waals surface area (Å²) in [5.41, 5.74) is 4.18. The van der Waals surface area contributed by atoms with Gasteiger partial charge < -0.3 is 19.2 Å². The number of rotatable bonds is 11. The summed E-state index contributed by atoms with van der Waals surface area (Å²) in [5.74, 6) is -1.04. The molecule has 212 valence electrons. The molecule has 1 heterocycles. The highest BCUT2D eigenvalue weighted by molar-refractivity contribution is 6.03. The van der Waals surface area contributed by atoms with Crippen LogP contribution in [0.25, 0.3) is 6.08 Å². The van der Waals surface area contributed by atoms with Crippen molar-refractivity contribution in [1.82, 2.24) is 5.43 Å². The van der Waals surface area contributed by atoms with Crippen LogP contribution < -0.4 is 20.2 Å². The summed E-state index contributed by atoms with van der Waals surface area (Å²) in [5, 5.41) is 17.4. The molecule has 1 aromatic heterocycles. The van der Waals surface area contributed by atoms with Gasteiger partial charge in [-0.2, -0.15) is 5.10 Å². The van der Waals surface area contributed by atoms with E-state index in [9.17, 15) is 24.5 Å². The van der Waals surface area contributed by atoms with E-state index in [-0.39, 0.29) is 28.5 Å². The molecular formula is C30H24N4O8. The van der Waals surface area contributed by atoms with Crippen LogP contribution in [-0.2, 0) is 4.79 Å². The van der Waals surface area contributed by atoms with E-state index in [1.54, 1.807) is 43.3 Å². The number of anilines is 1. The SMILES string of the molecule is CCOc1cc(C=NNC(=O)c2cccc(NC(=O)c3ccco3)c2)ccc1OC(=O)/C=C/c1ccc([N+](=O)[O-])cc1. The molecule has 2 amide bonds. The van der Waals surface area contributed by atoms with E-state index >= 15 is 0 Å². The minimum atomic E-state index is -0.675. The van der Waals surface area contributed by atoms with Crippen LogP contribution in [0.3, 0.4) is 0 Å². The Hall–Kier alpha value is -6.04. The highest BCUT2D eigenvalue weighted by Crippen LogP contribution is 2.28. The van der Waals surface area contributed by atoms with Gasteiger partial charge in [0.05, 0.1) is 24.0 Å². The van der Waals surface area contributed by atoms with Crippen molar-refractivity contribution in [3.63, 3.8) is 0 Å². The molecule has 0 aliphatic rings. The molecule has 0 aliphatic heterocycles. The predicted molar refractivity (Wildman–Crippen MR) is 154 cm³/mol. The number of hydrogen-bond acceptors (Lipinski definition) is 9. The summed E-state index contributed by atoms with van der Waals surface area (Å²) in [4.78, 5) is 47.4. The first kappa shape index (κ1) is 29.0. The molecule has 12 heteroatoms. The van der Waals surface area contributed by atoms with E-state index in [0.29, 0.717) is 23.4 Å². The number of nitrogens with zero attached hydrogens (tertiary/aromatic N) is 2. The second kappa shape index (κ2) is 13.8. The number of hydrazone groups is 1. The summed E-state index contributed by atoms with van der Waals surface area (Å²) < 4.78 is 16.0. The molecular weight excluding hydrogens is 544 g/mol. The first-order valence-electron chi connectivity index (χ1n) is 12.5. The highest BCUT2D eigenvalue weighted by Gasteiger charge is 2.12. The Balaban J connectivity index is 1.36. The highest BCUT2D eigenvalue weighted by atomic mass is 16.6. The van der Waals surface area contributed by atoms with Gasteiger partial charge in [0.2, 0.25) is 0 Å². The van der Waals surface area contributed by atoms with Gasteiger partial charge >= 0.3 is 5.97 Å². The zero-order chi connectivity index (χ0) is 29.9. The zero-order valence-corrected chi connectivity index (χ0v) is 22.2. The van der Waals surface area contributed by atoms with Crippen molar-refractivity contribution in [1.29, 1.82) is 0 Å².